The van der Waals surface area contributed by atoms with Gasteiger partial charge in [0.25, 0.3) is 0 Å². The van der Waals surface area contributed by atoms with Gasteiger partial charge in [-0.2, -0.15) is 0 Å². The van der Waals surface area contributed by atoms with E-state index in [0.29, 0.717) is 17.1 Å². The third-order valence-corrected chi connectivity index (χ3v) is 5.09. The van der Waals surface area contributed by atoms with Crippen molar-refractivity contribution in [2.75, 3.05) is 46.5 Å². The van der Waals surface area contributed by atoms with Gasteiger partial charge >= 0.3 is 0 Å². The Morgan fingerprint density at radius 1 is 1.11 bits per heavy atom. The van der Waals surface area contributed by atoms with Gasteiger partial charge in [-0.05, 0) is 24.3 Å². The Labute approximate surface area is 166 Å². The number of rotatable bonds is 10. The van der Waals surface area contributed by atoms with Crippen molar-refractivity contribution in [2.45, 2.75) is 19.6 Å². The van der Waals surface area contributed by atoms with E-state index < -0.39 is 0 Å². The lowest BCUT2D eigenvalue weighted by molar-refractivity contribution is -0.909. The number of halogens is 1. The van der Waals surface area contributed by atoms with E-state index in [9.17, 15) is 4.39 Å². The first-order valence-corrected chi connectivity index (χ1v) is 10.0. The average Bonchev–Trinajstić information content (AvgIpc) is 2.74. The van der Waals surface area contributed by atoms with Crippen molar-refractivity contribution >= 4 is 0 Å². The van der Waals surface area contributed by atoms with E-state index in [1.54, 1.807) is 30.2 Å². The minimum Gasteiger partial charge on any atom is -0.493 e. The van der Waals surface area contributed by atoms with Crippen molar-refractivity contribution in [1.29, 1.82) is 0 Å². The molecule has 28 heavy (non-hydrogen) atoms. The lowest BCUT2D eigenvalue weighted by Crippen LogP contribution is -3.14. The number of quaternary nitrogens is 2. The fourth-order valence-electron chi connectivity index (χ4n) is 3.40. The van der Waals surface area contributed by atoms with Crippen molar-refractivity contribution in [3.63, 3.8) is 0 Å². The van der Waals surface area contributed by atoms with Crippen LogP contribution in [0.1, 0.15) is 17.5 Å². The molecule has 6 heteroatoms. The summed E-state index contributed by atoms with van der Waals surface area (Å²) in [7, 11) is 1.63. The number of hydrogen-bond acceptors (Lipinski definition) is 3. The van der Waals surface area contributed by atoms with Crippen LogP contribution in [0.25, 0.3) is 0 Å². The van der Waals surface area contributed by atoms with E-state index in [1.807, 2.05) is 18.2 Å². The first kappa shape index (κ1) is 20.6. The molecule has 0 amide bonds. The van der Waals surface area contributed by atoms with Gasteiger partial charge in [0.1, 0.15) is 32.1 Å². The molecule has 0 unspecified atom stereocenters. The Morgan fingerprint density at radius 3 is 2.71 bits per heavy atom. The highest BCUT2D eigenvalue weighted by atomic mass is 19.1. The average molecular weight is 390 g/mol. The topological polar surface area (TPSA) is 48.7 Å². The molecule has 2 aromatic carbocycles. The van der Waals surface area contributed by atoms with Gasteiger partial charge in [-0.1, -0.05) is 18.2 Å². The number of benzene rings is 2. The molecule has 2 aromatic rings. The van der Waals surface area contributed by atoms with E-state index in [4.69, 9.17) is 14.2 Å². The van der Waals surface area contributed by atoms with Gasteiger partial charge in [-0.3, -0.25) is 0 Å². The zero-order valence-corrected chi connectivity index (χ0v) is 16.6. The van der Waals surface area contributed by atoms with Gasteiger partial charge in [0.05, 0.1) is 33.4 Å². The minimum absolute atomic E-state index is 0.179. The molecule has 0 aromatic heterocycles. The van der Waals surface area contributed by atoms with Crippen LogP contribution >= 0.6 is 0 Å². The molecule has 0 bridgehead atoms. The molecule has 0 aliphatic carbocycles. The second-order valence-electron chi connectivity index (χ2n) is 7.11. The van der Waals surface area contributed by atoms with Crippen LogP contribution < -0.4 is 19.7 Å². The third-order valence-electron chi connectivity index (χ3n) is 5.09. The first-order valence-electron chi connectivity index (χ1n) is 10.0. The van der Waals surface area contributed by atoms with Gasteiger partial charge in [-0.25, -0.2) is 4.39 Å². The van der Waals surface area contributed by atoms with Gasteiger partial charge in [0.2, 0.25) is 0 Å². The van der Waals surface area contributed by atoms with Crippen LogP contribution in [0.2, 0.25) is 0 Å². The summed E-state index contributed by atoms with van der Waals surface area (Å²) in [6, 6.07) is 12.6. The third kappa shape index (κ3) is 6.19. The monoisotopic (exact) mass is 390 g/mol. The lowest BCUT2D eigenvalue weighted by Gasteiger charge is -2.23. The van der Waals surface area contributed by atoms with Crippen LogP contribution in [0, 0.1) is 5.82 Å². The molecule has 3 N–H and O–H groups in total. The predicted molar refractivity (Wildman–Crippen MR) is 105 cm³/mol. The molecule has 1 aliphatic rings. The number of nitrogens with one attached hydrogen (secondary N) is 1. The maximum absolute atomic E-state index is 13.7. The number of ether oxygens (including phenoxy) is 3. The lowest BCUT2D eigenvalue weighted by atomic mass is 10.2. The van der Waals surface area contributed by atoms with Crippen molar-refractivity contribution in [1.82, 2.24) is 0 Å². The number of nitrogens with two attached hydrogens (primary N) is 1. The summed E-state index contributed by atoms with van der Waals surface area (Å²) in [6.07, 6.45) is 1.20. The molecular formula is C22H31FN2O3+2. The summed E-state index contributed by atoms with van der Waals surface area (Å²) >= 11 is 0. The number of morpholine rings is 1. The molecule has 1 fully saturated rings. The molecule has 0 atom stereocenters. The largest absolute Gasteiger partial charge is 0.493 e. The highest BCUT2D eigenvalue weighted by molar-refractivity contribution is 5.42. The Kier molecular flexibility index (Phi) is 8.08. The Hall–Kier alpha value is -2.15. The summed E-state index contributed by atoms with van der Waals surface area (Å²) in [5.41, 5.74) is 1.72. The maximum atomic E-state index is 13.7. The van der Waals surface area contributed by atoms with Crippen LogP contribution in [0.3, 0.4) is 0 Å². The van der Waals surface area contributed by atoms with Crippen molar-refractivity contribution in [3.8, 4) is 11.5 Å². The molecule has 152 valence electrons. The maximum Gasteiger partial charge on any atom is 0.161 e. The SMILES string of the molecule is COc1cc(C[NH2+]CCC[NH+]2CCOCC2)ccc1OCc1ccccc1F. The Bertz CT molecular complexity index is 735. The molecule has 0 radical (unpaired) electrons. The predicted octanol–water partition coefficient (Wildman–Crippen LogP) is 0.782. The van der Waals surface area contributed by atoms with Gasteiger partial charge < -0.3 is 24.4 Å². The Morgan fingerprint density at radius 2 is 1.93 bits per heavy atom. The Balaban J connectivity index is 1.44. The van der Waals surface area contributed by atoms with Gasteiger partial charge in [0.15, 0.2) is 11.5 Å². The minimum atomic E-state index is -0.258. The quantitative estimate of drug-likeness (QED) is 0.590. The summed E-state index contributed by atoms with van der Waals surface area (Å²) in [6.45, 7) is 7.45. The molecule has 3 rings (SSSR count). The fourth-order valence-corrected chi connectivity index (χ4v) is 3.40. The first-order chi connectivity index (χ1) is 13.8. The summed E-state index contributed by atoms with van der Waals surface area (Å²) < 4.78 is 30.4. The van der Waals surface area contributed by atoms with E-state index in [-0.39, 0.29) is 12.4 Å². The van der Waals surface area contributed by atoms with E-state index in [1.165, 1.54) is 24.6 Å². The summed E-state index contributed by atoms with van der Waals surface area (Å²) in [5.74, 6) is 1.05. The smallest absolute Gasteiger partial charge is 0.161 e. The molecule has 5 nitrogen and oxygen atoms in total. The normalized spacial score (nSPS) is 14.8. The summed E-state index contributed by atoms with van der Waals surface area (Å²) in [4.78, 5) is 1.65. The molecular weight excluding hydrogens is 359 g/mol. The molecule has 1 aliphatic heterocycles. The molecule has 1 heterocycles. The standard InChI is InChI=1S/C22H29FN2O3/c1-26-22-15-18(16-24-9-4-10-25-11-13-27-14-12-25)7-8-21(22)28-17-19-5-2-3-6-20(19)23/h2-3,5-8,15,24H,4,9-14,16-17H2,1H3/p+2. The molecule has 1 saturated heterocycles. The summed E-state index contributed by atoms with van der Waals surface area (Å²) in [5, 5.41) is 2.33. The van der Waals surface area contributed by atoms with Crippen LogP contribution in [-0.4, -0.2) is 46.5 Å². The van der Waals surface area contributed by atoms with E-state index in [0.717, 1.165) is 39.4 Å². The van der Waals surface area contributed by atoms with Crippen LogP contribution in [0.5, 0.6) is 11.5 Å². The van der Waals surface area contributed by atoms with Crippen molar-refractivity contribution < 1.29 is 28.8 Å². The van der Waals surface area contributed by atoms with E-state index >= 15 is 0 Å². The number of hydrogen-bond donors (Lipinski definition) is 2. The molecule has 0 saturated carbocycles. The molecule has 0 spiro atoms. The second kappa shape index (κ2) is 11.0. The van der Waals surface area contributed by atoms with Crippen LogP contribution in [0.15, 0.2) is 42.5 Å². The van der Waals surface area contributed by atoms with Gasteiger partial charge in [0, 0.05) is 17.5 Å². The van der Waals surface area contributed by atoms with Crippen LogP contribution in [-0.2, 0) is 17.9 Å². The van der Waals surface area contributed by atoms with Crippen LogP contribution in [0.4, 0.5) is 4.39 Å². The van der Waals surface area contributed by atoms with Gasteiger partial charge in [-0.15, -0.1) is 0 Å². The zero-order valence-electron chi connectivity index (χ0n) is 16.6. The second-order valence-corrected chi connectivity index (χ2v) is 7.11. The fraction of sp³-hybridized carbons (Fsp3) is 0.455. The highest BCUT2D eigenvalue weighted by Crippen LogP contribution is 2.28. The number of methoxy groups -OCH3 is 1. The zero-order chi connectivity index (χ0) is 19.6. The van der Waals surface area contributed by atoms with Crippen molar-refractivity contribution in [2.24, 2.45) is 0 Å². The van der Waals surface area contributed by atoms with Crippen molar-refractivity contribution in [3.05, 3.63) is 59.4 Å². The van der Waals surface area contributed by atoms with E-state index in [2.05, 4.69) is 5.32 Å². The highest BCUT2D eigenvalue weighted by Gasteiger charge is 2.13.